The Balaban J connectivity index is 2.46. The fourth-order valence-electron chi connectivity index (χ4n) is 2.06. The number of carbonyl (C=O) groups is 1. The van der Waals surface area contributed by atoms with E-state index >= 15 is 0 Å². The number of aryl methyl sites for hydroxylation is 2. The van der Waals surface area contributed by atoms with Crippen LogP contribution in [0.15, 0.2) is 6.07 Å². The number of aromatic nitrogens is 4. The number of aromatic carboxylic acids is 1. The first kappa shape index (κ1) is 12.3. The summed E-state index contributed by atoms with van der Waals surface area (Å²) in [6.07, 6.45) is 1.00. The number of carboxylic acids is 1. The molecule has 0 aliphatic heterocycles. The maximum atomic E-state index is 10.8. The molecule has 0 fully saturated rings. The summed E-state index contributed by atoms with van der Waals surface area (Å²) < 4.78 is 1.93. The normalized spacial score (nSPS) is 10.8. The van der Waals surface area contributed by atoms with Crippen LogP contribution < -0.4 is 0 Å². The van der Waals surface area contributed by atoms with Crippen LogP contribution in [0.25, 0.3) is 11.3 Å². The highest BCUT2D eigenvalue weighted by molar-refractivity contribution is 5.87. The van der Waals surface area contributed by atoms with Crippen LogP contribution in [-0.4, -0.2) is 31.1 Å². The molecule has 0 saturated heterocycles. The Hall–Kier alpha value is -2.11. The van der Waals surface area contributed by atoms with Crippen LogP contribution in [0.4, 0.5) is 0 Å². The van der Waals surface area contributed by atoms with Crippen molar-refractivity contribution in [1.29, 1.82) is 0 Å². The van der Waals surface area contributed by atoms with Crippen molar-refractivity contribution in [3.05, 3.63) is 23.1 Å². The summed E-state index contributed by atoms with van der Waals surface area (Å²) in [5, 5.41) is 19.9. The zero-order chi connectivity index (χ0) is 13.3. The standard InChI is InChI=1S/C12H16N4O2/c1-4-5-16-8(3)11(7(2)15-16)9-6-10(12(17)18)14-13-9/h6H,4-5H2,1-3H3,(H,13,14)(H,17,18). The van der Waals surface area contributed by atoms with Gasteiger partial charge < -0.3 is 5.11 Å². The molecule has 0 atom stereocenters. The first-order valence-corrected chi connectivity index (χ1v) is 5.87. The number of H-pyrrole nitrogens is 1. The lowest BCUT2D eigenvalue weighted by Crippen LogP contribution is -2.01. The molecule has 2 aromatic heterocycles. The van der Waals surface area contributed by atoms with Crippen LogP contribution in [0.5, 0.6) is 0 Å². The second-order valence-corrected chi connectivity index (χ2v) is 4.24. The Morgan fingerprint density at radius 1 is 1.50 bits per heavy atom. The van der Waals surface area contributed by atoms with Gasteiger partial charge in [-0.1, -0.05) is 6.92 Å². The lowest BCUT2D eigenvalue weighted by molar-refractivity contribution is 0.0690. The van der Waals surface area contributed by atoms with Gasteiger partial charge in [-0.15, -0.1) is 0 Å². The van der Waals surface area contributed by atoms with Crippen LogP contribution in [-0.2, 0) is 6.54 Å². The molecule has 0 aliphatic rings. The predicted octanol–water partition coefficient (Wildman–Crippen LogP) is 2.00. The van der Waals surface area contributed by atoms with Crippen LogP contribution >= 0.6 is 0 Å². The van der Waals surface area contributed by atoms with Gasteiger partial charge in [0.15, 0.2) is 0 Å². The Labute approximate surface area is 105 Å². The number of rotatable bonds is 4. The summed E-state index contributed by atoms with van der Waals surface area (Å²) in [6.45, 7) is 6.82. The first-order valence-electron chi connectivity index (χ1n) is 5.87. The van der Waals surface area contributed by atoms with Crippen molar-refractivity contribution < 1.29 is 9.90 Å². The second-order valence-electron chi connectivity index (χ2n) is 4.24. The fourth-order valence-corrected chi connectivity index (χ4v) is 2.06. The van der Waals surface area contributed by atoms with Crippen molar-refractivity contribution in [2.75, 3.05) is 0 Å². The van der Waals surface area contributed by atoms with Gasteiger partial charge in [0.05, 0.1) is 11.4 Å². The van der Waals surface area contributed by atoms with E-state index in [0.717, 1.165) is 29.9 Å². The zero-order valence-corrected chi connectivity index (χ0v) is 10.7. The smallest absolute Gasteiger partial charge is 0.353 e. The third kappa shape index (κ3) is 2.01. The maximum absolute atomic E-state index is 10.8. The van der Waals surface area contributed by atoms with E-state index in [1.165, 1.54) is 6.07 Å². The molecule has 0 saturated carbocycles. The lowest BCUT2D eigenvalue weighted by atomic mass is 10.1. The largest absolute Gasteiger partial charge is 0.477 e. The summed E-state index contributed by atoms with van der Waals surface area (Å²) in [6, 6.07) is 1.54. The summed E-state index contributed by atoms with van der Waals surface area (Å²) in [5.74, 6) is -1.01. The van der Waals surface area contributed by atoms with Crippen LogP contribution in [0.1, 0.15) is 35.2 Å². The van der Waals surface area contributed by atoms with Gasteiger partial charge in [-0.05, 0) is 26.3 Å². The molecule has 18 heavy (non-hydrogen) atoms. The molecular weight excluding hydrogens is 232 g/mol. The molecule has 0 radical (unpaired) electrons. The second kappa shape index (κ2) is 4.64. The average molecular weight is 248 g/mol. The molecule has 6 nitrogen and oxygen atoms in total. The number of aromatic amines is 1. The van der Waals surface area contributed by atoms with Crippen molar-refractivity contribution in [3.8, 4) is 11.3 Å². The Morgan fingerprint density at radius 2 is 2.22 bits per heavy atom. The van der Waals surface area contributed by atoms with E-state index in [-0.39, 0.29) is 5.69 Å². The molecule has 0 amide bonds. The highest BCUT2D eigenvalue weighted by atomic mass is 16.4. The maximum Gasteiger partial charge on any atom is 0.353 e. The van der Waals surface area contributed by atoms with Crippen LogP contribution in [0.2, 0.25) is 0 Å². The van der Waals surface area contributed by atoms with E-state index in [1.54, 1.807) is 0 Å². The molecule has 0 unspecified atom stereocenters. The number of nitrogens with zero attached hydrogens (tertiary/aromatic N) is 3. The lowest BCUT2D eigenvalue weighted by Gasteiger charge is -2.01. The van der Waals surface area contributed by atoms with E-state index in [2.05, 4.69) is 22.2 Å². The summed E-state index contributed by atoms with van der Waals surface area (Å²) in [7, 11) is 0. The Bertz CT molecular complexity index is 583. The fraction of sp³-hybridized carbons (Fsp3) is 0.417. The van der Waals surface area contributed by atoms with Crippen molar-refractivity contribution in [2.45, 2.75) is 33.7 Å². The number of hydrogen-bond acceptors (Lipinski definition) is 3. The minimum Gasteiger partial charge on any atom is -0.477 e. The quantitative estimate of drug-likeness (QED) is 0.866. The van der Waals surface area contributed by atoms with Gasteiger partial charge in [0.1, 0.15) is 5.69 Å². The molecule has 2 aromatic rings. The Kier molecular flexibility index (Phi) is 3.18. The molecule has 0 spiro atoms. The highest BCUT2D eigenvalue weighted by Crippen LogP contribution is 2.25. The van der Waals surface area contributed by atoms with E-state index < -0.39 is 5.97 Å². The summed E-state index contributed by atoms with van der Waals surface area (Å²) >= 11 is 0. The third-order valence-electron chi connectivity index (χ3n) is 2.88. The molecule has 2 N–H and O–H groups in total. The zero-order valence-electron chi connectivity index (χ0n) is 10.7. The highest BCUT2D eigenvalue weighted by Gasteiger charge is 2.17. The van der Waals surface area contributed by atoms with Gasteiger partial charge in [0, 0.05) is 17.8 Å². The van der Waals surface area contributed by atoms with E-state index in [9.17, 15) is 4.79 Å². The minimum atomic E-state index is -1.01. The summed E-state index contributed by atoms with van der Waals surface area (Å²) in [4.78, 5) is 10.8. The molecule has 0 bridgehead atoms. The SMILES string of the molecule is CCCn1nc(C)c(-c2cc(C(=O)O)[nH]n2)c1C. The number of hydrogen-bond donors (Lipinski definition) is 2. The third-order valence-corrected chi connectivity index (χ3v) is 2.88. The van der Waals surface area contributed by atoms with E-state index in [0.29, 0.717) is 5.69 Å². The first-order chi connectivity index (χ1) is 8.54. The number of nitrogens with one attached hydrogen (secondary N) is 1. The van der Waals surface area contributed by atoms with E-state index in [4.69, 9.17) is 5.11 Å². The van der Waals surface area contributed by atoms with Gasteiger partial charge in [-0.2, -0.15) is 10.2 Å². The van der Waals surface area contributed by atoms with E-state index in [1.807, 2.05) is 18.5 Å². The number of carboxylic acid groups (broad SMARTS) is 1. The molecule has 2 heterocycles. The van der Waals surface area contributed by atoms with Crippen molar-refractivity contribution in [3.63, 3.8) is 0 Å². The van der Waals surface area contributed by atoms with Crippen molar-refractivity contribution >= 4 is 5.97 Å². The van der Waals surface area contributed by atoms with Gasteiger partial charge in [-0.3, -0.25) is 9.78 Å². The monoisotopic (exact) mass is 248 g/mol. The molecular formula is C12H16N4O2. The van der Waals surface area contributed by atoms with Crippen molar-refractivity contribution in [2.24, 2.45) is 0 Å². The van der Waals surface area contributed by atoms with Crippen molar-refractivity contribution in [1.82, 2.24) is 20.0 Å². The molecule has 96 valence electrons. The van der Waals surface area contributed by atoms with Gasteiger partial charge in [-0.25, -0.2) is 4.79 Å². The van der Waals surface area contributed by atoms with Crippen LogP contribution in [0.3, 0.4) is 0 Å². The average Bonchev–Trinajstić information content (AvgIpc) is 2.86. The molecule has 0 aromatic carbocycles. The summed E-state index contributed by atoms with van der Waals surface area (Å²) in [5.41, 5.74) is 3.51. The topological polar surface area (TPSA) is 83.8 Å². The molecule has 2 rings (SSSR count). The molecule has 6 heteroatoms. The molecule has 0 aliphatic carbocycles. The van der Waals surface area contributed by atoms with Gasteiger partial charge in [0.25, 0.3) is 0 Å². The van der Waals surface area contributed by atoms with Gasteiger partial charge in [0.2, 0.25) is 0 Å². The Morgan fingerprint density at radius 3 is 2.78 bits per heavy atom. The van der Waals surface area contributed by atoms with Gasteiger partial charge >= 0.3 is 5.97 Å². The minimum absolute atomic E-state index is 0.0899. The predicted molar refractivity (Wildman–Crippen MR) is 66.5 cm³/mol. The van der Waals surface area contributed by atoms with Crippen LogP contribution in [0, 0.1) is 13.8 Å².